The summed E-state index contributed by atoms with van der Waals surface area (Å²) < 4.78 is 11.2. The molecule has 0 fully saturated rings. The summed E-state index contributed by atoms with van der Waals surface area (Å²) in [5.74, 6) is 0.741. The highest BCUT2D eigenvalue weighted by Crippen LogP contribution is 2.41. The molecule has 0 saturated carbocycles. The Morgan fingerprint density at radius 1 is 0.400 bits per heavy atom. The lowest BCUT2D eigenvalue weighted by Crippen LogP contribution is -2.13. The summed E-state index contributed by atoms with van der Waals surface area (Å²) in [6, 6.07) is 76.1. The quantitative estimate of drug-likeness (QED) is 0.165. The Hall–Kier alpha value is -8.28. The maximum Gasteiger partial charge on any atom is 0.155 e. The van der Waals surface area contributed by atoms with Gasteiger partial charge >= 0.3 is 0 Å². The highest BCUT2D eigenvalue weighted by atomic mass is 16.3. The summed E-state index contributed by atoms with van der Waals surface area (Å²) in [4.78, 5) is 11.1. The van der Waals surface area contributed by atoms with E-state index in [0.717, 1.165) is 86.4 Å². The third-order valence-corrected chi connectivity index (χ3v) is 13.3. The lowest BCUT2D eigenvalue weighted by atomic mass is 9.96. The van der Waals surface area contributed by atoms with E-state index in [9.17, 15) is 0 Å². The molecule has 1 atom stereocenters. The Balaban J connectivity index is 0.970. The van der Waals surface area contributed by atoms with Crippen molar-refractivity contribution in [2.45, 2.75) is 25.3 Å². The van der Waals surface area contributed by atoms with Crippen molar-refractivity contribution in [1.29, 1.82) is 0 Å². The van der Waals surface area contributed by atoms with Gasteiger partial charge in [0.15, 0.2) is 5.84 Å². The number of rotatable bonds is 6. The first-order chi connectivity index (χ1) is 32.2. The molecule has 0 saturated heterocycles. The number of aromatic nitrogens is 2. The first-order valence-corrected chi connectivity index (χ1v) is 22.6. The van der Waals surface area contributed by atoms with Crippen LogP contribution in [-0.4, -0.2) is 20.7 Å². The van der Waals surface area contributed by atoms with E-state index in [4.69, 9.17) is 14.4 Å². The van der Waals surface area contributed by atoms with Crippen LogP contribution in [0.5, 0.6) is 0 Å². The molecule has 1 unspecified atom stereocenters. The van der Waals surface area contributed by atoms with Crippen molar-refractivity contribution in [2.24, 2.45) is 9.98 Å². The number of nitrogens with zero attached hydrogens (tertiary/aromatic N) is 4. The van der Waals surface area contributed by atoms with Gasteiger partial charge in [-0.05, 0) is 114 Å². The fourth-order valence-electron chi connectivity index (χ4n) is 10.3. The minimum atomic E-state index is -0.103. The van der Waals surface area contributed by atoms with E-state index >= 15 is 0 Å². The Kier molecular flexibility index (Phi) is 8.73. The minimum Gasteiger partial charge on any atom is -0.456 e. The number of para-hydroxylation sites is 4. The van der Waals surface area contributed by atoms with E-state index in [-0.39, 0.29) is 6.04 Å². The van der Waals surface area contributed by atoms with Crippen LogP contribution in [0.4, 0.5) is 0 Å². The summed E-state index contributed by atoms with van der Waals surface area (Å²) in [5, 5.41) is 7.22. The summed E-state index contributed by atoms with van der Waals surface area (Å²) in [5.41, 5.74) is 15.3. The van der Waals surface area contributed by atoms with Crippen molar-refractivity contribution in [1.82, 2.24) is 9.13 Å². The topological polar surface area (TPSA) is 47.7 Å². The van der Waals surface area contributed by atoms with Crippen LogP contribution in [-0.2, 0) is 0 Å². The molecule has 13 rings (SSSR count). The molecule has 0 amide bonds. The van der Waals surface area contributed by atoms with E-state index in [1.807, 2.05) is 12.1 Å². The SMILES string of the molecule is c1ccc(-c2cccc(C3=N/C(c4cccc(-n5c6ccccc6c6cc7c8ccccc8n(-c8ccccc8)c7cc65)c4)CCC/C(c4ccc5c(c4)oc4ccccc45)=N\3)c2)cc1. The maximum absolute atomic E-state index is 6.36. The third-order valence-electron chi connectivity index (χ3n) is 13.3. The smallest absolute Gasteiger partial charge is 0.155 e. The number of amidine groups is 1. The minimum absolute atomic E-state index is 0.103. The van der Waals surface area contributed by atoms with Crippen molar-refractivity contribution in [3.05, 3.63) is 229 Å². The van der Waals surface area contributed by atoms with E-state index in [2.05, 4.69) is 209 Å². The molecule has 1 aliphatic heterocycles. The predicted octanol–water partition coefficient (Wildman–Crippen LogP) is 15.6. The average molecular weight is 835 g/mol. The second-order valence-corrected chi connectivity index (χ2v) is 17.2. The van der Waals surface area contributed by atoms with E-state index in [1.54, 1.807) is 0 Å². The lowest BCUT2D eigenvalue weighted by molar-refractivity contribution is 0.621. The van der Waals surface area contributed by atoms with Crippen molar-refractivity contribution in [3.8, 4) is 22.5 Å². The molecule has 0 N–H and O–H groups in total. The molecule has 0 spiro atoms. The average Bonchev–Trinajstić information content (AvgIpc) is 4.01. The summed E-state index contributed by atoms with van der Waals surface area (Å²) >= 11 is 0. The molecular weight excluding hydrogens is 793 g/mol. The van der Waals surface area contributed by atoms with Crippen LogP contribution in [0.25, 0.3) is 88.1 Å². The van der Waals surface area contributed by atoms with Crippen LogP contribution in [0.1, 0.15) is 42.0 Å². The molecule has 0 bridgehead atoms. The van der Waals surface area contributed by atoms with Gasteiger partial charge in [-0.15, -0.1) is 0 Å². The van der Waals surface area contributed by atoms with Crippen molar-refractivity contribution in [3.63, 3.8) is 0 Å². The fraction of sp³-hybridized carbons (Fsp3) is 0.0667. The van der Waals surface area contributed by atoms with Gasteiger partial charge in [0.2, 0.25) is 0 Å². The van der Waals surface area contributed by atoms with Gasteiger partial charge in [-0.25, -0.2) is 4.99 Å². The van der Waals surface area contributed by atoms with Gasteiger partial charge in [-0.3, -0.25) is 4.99 Å². The van der Waals surface area contributed by atoms with Gasteiger partial charge in [-0.1, -0.05) is 140 Å². The van der Waals surface area contributed by atoms with Gasteiger partial charge in [-0.2, -0.15) is 0 Å². The molecule has 5 nitrogen and oxygen atoms in total. The largest absolute Gasteiger partial charge is 0.456 e. The summed E-state index contributed by atoms with van der Waals surface area (Å²) in [6.07, 6.45) is 2.63. The lowest BCUT2D eigenvalue weighted by Gasteiger charge is -2.20. The van der Waals surface area contributed by atoms with Crippen molar-refractivity contribution in [2.75, 3.05) is 0 Å². The standard InChI is InChI=1S/C60H42N4O/c1-3-16-39(17-4-1)40-18-13-20-43(34-40)60-61-52(27-15-28-53(62-60)42-32-33-49-48-26-9-12-31-58(48)65-59(49)36-42)41-19-14-23-45(35-41)64-55-30-11-8-25-47(55)51-37-50-46-24-7-10-29-54(46)63(56(50)38-57(51)64)44-21-5-2-6-22-44/h1-14,16-26,29-38,52H,15,27-28H2/b61-60-,62-53+. The molecular formula is C60H42N4O. The normalized spacial score (nSPS) is 16.2. The Labute approximate surface area is 375 Å². The zero-order valence-electron chi connectivity index (χ0n) is 35.6. The Bertz CT molecular complexity index is 3870. The van der Waals surface area contributed by atoms with Crippen molar-refractivity contribution >= 4 is 77.1 Å². The van der Waals surface area contributed by atoms with Crippen molar-refractivity contribution < 1.29 is 4.42 Å². The molecule has 3 aromatic heterocycles. The van der Waals surface area contributed by atoms with Crippen LogP contribution in [0.3, 0.4) is 0 Å². The molecule has 0 radical (unpaired) electrons. The Morgan fingerprint density at radius 2 is 1.02 bits per heavy atom. The van der Waals surface area contributed by atoms with Crippen LogP contribution in [0.15, 0.2) is 227 Å². The maximum atomic E-state index is 6.36. The van der Waals surface area contributed by atoms with Gasteiger partial charge in [0.05, 0.1) is 33.8 Å². The second kappa shape index (κ2) is 15.2. The van der Waals surface area contributed by atoms with E-state index < -0.39 is 0 Å². The van der Waals surface area contributed by atoms with Crippen LogP contribution < -0.4 is 0 Å². The van der Waals surface area contributed by atoms with E-state index in [1.165, 1.54) is 49.2 Å². The molecule has 1 aliphatic rings. The summed E-state index contributed by atoms with van der Waals surface area (Å²) in [6.45, 7) is 0. The molecule has 65 heavy (non-hydrogen) atoms. The highest BCUT2D eigenvalue weighted by molar-refractivity contribution is 6.19. The van der Waals surface area contributed by atoms with Gasteiger partial charge in [0.25, 0.3) is 0 Å². The molecule has 12 aromatic rings. The molecule has 308 valence electrons. The number of hydrogen-bond donors (Lipinski definition) is 0. The number of hydrogen-bond acceptors (Lipinski definition) is 3. The predicted molar refractivity (Wildman–Crippen MR) is 270 cm³/mol. The fourth-order valence-corrected chi connectivity index (χ4v) is 10.3. The van der Waals surface area contributed by atoms with Crippen LogP contribution in [0, 0.1) is 0 Å². The van der Waals surface area contributed by atoms with Gasteiger partial charge < -0.3 is 13.6 Å². The zero-order chi connectivity index (χ0) is 42.8. The summed E-state index contributed by atoms with van der Waals surface area (Å²) in [7, 11) is 0. The third kappa shape index (κ3) is 6.30. The van der Waals surface area contributed by atoms with Gasteiger partial charge in [0.1, 0.15) is 11.2 Å². The highest BCUT2D eigenvalue weighted by Gasteiger charge is 2.22. The van der Waals surface area contributed by atoms with Gasteiger partial charge in [0, 0.05) is 49.3 Å². The van der Waals surface area contributed by atoms with Crippen LogP contribution >= 0.6 is 0 Å². The molecule has 0 aliphatic carbocycles. The number of furan rings is 1. The first kappa shape index (κ1) is 37.3. The first-order valence-electron chi connectivity index (χ1n) is 22.6. The van der Waals surface area contributed by atoms with E-state index in [0.29, 0.717) is 0 Å². The number of fused-ring (bicyclic) bond motifs is 9. The Morgan fingerprint density at radius 3 is 1.80 bits per heavy atom. The monoisotopic (exact) mass is 834 g/mol. The van der Waals surface area contributed by atoms with Crippen LogP contribution in [0.2, 0.25) is 0 Å². The molecule has 9 aromatic carbocycles. The number of aliphatic imine (C=N–C) groups is 2. The zero-order valence-corrected chi connectivity index (χ0v) is 35.6. The molecule has 5 heteroatoms. The number of benzene rings is 9. The molecule has 4 heterocycles. The second-order valence-electron chi connectivity index (χ2n) is 17.2.